The lowest BCUT2D eigenvalue weighted by Gasteiger charge is -2.23. The lowest BCUT2D eigenvalue weighted by atomic mass is 10.1. The molecule has 0 spiro atoms. The van der Waals surface area contributed by atoms with E-state index < -0.39 is 0 Å². The molecule has 0 radical (unpaired) electrons. The van der Waals surface area contributed by atoms with Crippen LogP contribution in [0.25, 0.3) is 0 Å². The summed E-state index contributed by atoms with van der Waals surface area (Å²) in [5.41, 5.74) is 7.21. The van der Waals surface area contributed by atoms with Gasteiger partial charge in [-0.2, -0.15) is 0 Å². The molecule has 1 rings (SSSR count). The van der Waals surface area contributed by atoms with E-state index in [0.717, 1.165) is 11.3 Å². The number of anilines is 1. The SMILES string of the molecule is COc1ccc(C(N)=S)c(N(C)CC(=O)N(C)C)c1. The summed E-state index contributed by atoms with van der Waals surface area (Å²) >= 11 is 5.03. The van der Waals surface area contributed by atoms with Gasteiger partial charge < -0.3 is 20.3 Å². The maximum absolute atomic E-state index is 11.8. The maximum atomic E-state index is 11.8. The highest BCUT2D eigenvalue weighted by Crippen LogP contribution is 2.25. The molecule has 0 saturated carbocycles. The van der Waals surface area contributed by atoms with E-state index in [1.165, 1.54) is 4.90 Å². The molecule has 5 nitrogen and oxygen atoms in total. The Labute approximate surface area is 118 Å². The fourth-order valence-electron chi connectivity index (χ4n) is 1.59. The first-order chi connectivity index (χ1) is 8.86. The average molecular weight is 281 g/mol. The largest absolute Gasteiger partial charge is 0.497 e. The Kier molecular flexibility index (Phi) is 5.11. The minimum Gasteiger partial charge on any atom is -0.497 e. The monoisotopic (exact) mass is 281 g/mol. The van der Waals surface area contributed by atoms with Crippen molar-refractivity contribution in [1.82, 2.24) is 4.90 Å². The molecule has 0 bridgehead atoms. The van der Waals surface area contributed by atoms with Crippen LogP contribution in [0.2, 0.25) is 0 Å². The van der Waals surface area contributed by atoms with Crippen molar-refractivity contribution < 1.29 is 9.53 Å². The third kappa shape index (κ3) is 3.82. The van der Waals surface area contributed by atoms with Gasteiger partial charge in [0, 0.05) is 32.8 Å². The fourth-order valence-corrected chi connectivity index (χ4v) is 1.76. The Morgan fingerprint density at radius 3 is 2.47 bits per heavy atom. The number of methoxy groups -OCH3 is 1. The molecule has 0 aromatic heterocycles. The summed E-state index contributed by atoms with van der Waals surface area (Å²) in [6.07, 6.45) is 0. The summed E-state index contributed by atoms with van der Waals surface area (Å²) in [4.78, 5) is 15.4. The quantitative estimate of drug-likeness (QED) is 0.811. The third-order valence-corrected chi connectivity index (χ3v) is 2.97. The van der Waals surface area contributed by atoms with Crippen LogP contribution in [0.15, 0.2) is 18.2 Å². The summed E-state index contributed by atoms with van der Waals surface area (Å²) in [6, 6.07) is 5.41. The number of thiocarbonyl (C=S) groups is 1. The van der Waals surface area contributed by atoms with Crippen LogP contribution in [0, 0.1) is 0 Å². The number of amides is 1. The highest BCUT2D eigenvalue weighted by Gasteiger charge is 2.14. The molecule has 0 atom stereocenters. The second kappa shape index (κ2) is 6.38. The van der Waals surface area contributed by atoms with Crippen LogP contribution in [-0.2, 0) is 4.79 Å². The van der Waals surface area contributed by atoms with Gasteiger partial charge in [-0.3, -0.25) is 4.79 Å². The fraction of sp³-hybridized carbons (Fsp3) is 0.385. The smallest absolute Gasteiger partial charge is 0.241 e. The average Bonchev–Trinajstić information content (AvgIpc) is 2.37. The summed E-state index contributed by atoms with van der Waals surface area (Å²) in [6.45, 7) is 0.246. The zero-order valence-corrected chi connectivity index (χ0v) is 12.5. The van der Waals surface area contributed by atoms with E-state index in [1.807, 2.05) is 13.1 Å². The van der Waals surface area contributed by atoms with Crippen molar-refractivity contribution >= 4 is 28.8 Å². The molecule has 0 saturated heterocycles. The Morgan fingerprint density at radius 2 is 2.00 bits per heavy atom. The number of carbonyl (C=O) groups excluding carboxylic acids is 1. The first kappa shape index (κ1) is 15.2. The van der Waals surface area contributed by atoms with Gasteiger partial charge in [0.1, 0.15) is 10.7 Å². The van der Waals surface area contributed by atoms with E-state index in [1.54, 1.807) is 38.2 Å². The molecule has 104 valence electrons. The van der Waals surface area contributed by atoms with E-state index in [0.29, 0.717) is 10.7 Å². The van der Waals surface area contributed by atoms with Gasteiger partial charge in [0.15, 0.2) is 0 Å². The Bertz CT molecular complexity index is 489. The zero-order valence-electron chi connectivity index (χ0n) is 11.6. The molecule has 0 fully saturated rings. The number of hydrogen-bond acceptors (Lipinski definition) is 4. The summed E-state index contributed by atoms with van der Waals surface area (Å²) < 4.78 is 5.19. The molecule has 0 aliphatic rings. The lowest BCUT2D eigenvalue weighted by molar-refractivity contribution is -0.127. The van der Waals surface area contributed by atoms with Crippen LogP contribution in [0.4, 0.5) is 5.69 Å². The minimum absolute atomic E-state index is 0.000732. The lowest BCUT2D eigenvalue weighted by Crippen LogP contribution is -2.35. The molecule has 1 amide bonds. The highest BCUT2D eigenvalue weighted by molar-refractivity contribution is 7.80. The predicted molar refractivity (Wildman–Crippen MR) is 80.8 cm³/mol. The molecule has 2 N–H and O–H groups in total. The number of ether oxygens (including phenoxy) is 1. The van der Waals surface area contributed by atoms with Crippen LogP contribution < -0.4 is 15.4 Å². The van der Waals surface area contributed by atoms with Gasteiger partial charge >= 0.3 is 0 Å². The van der Waals surface area contributed by atoms with Crippen LogP contribution in [-0.4, -0.2) is 50.6 Å². The summed E-state index contributed by atoms with van der Waals surface area (Å²) in [5.74, 6) is 0.693. The topological polar surface area (TPSA) is 58.8 Å². The number of likely N-dealkylation sites (N-methyl/N-ethyl adjacent to an activating group) is 2. The van der Waals surface area contributed by atoms with Gasteiger partial charge in [0.2, 0.25) is 5.91 Å². The maximum Gasteiger partial charge on any atom is 0.241 e. The van der Waals surface area contributed by atoms with Crippen LogP contribution >= 0.6 is 12.2 Å². The van der Waals surface area contributed by atoms with Crippen molar-refractivity contribution in [2.75, 3.05) is 39.7 Å². The van der Waals surface area contributed by atoms with Gasteiger partial charge in [-0.05, 0) is 12.1 Å². The van der Waals surface area contributed by atoms with Gasteiger partial charge in [-0.1, -0.05) is 12.2 Å². The first-order valence-corrected chi connectivity index (χ1v) is 6.16. The molecule has 6 heteroatoms. The van der Waals surface area contributed by atoms with E-state index in [4.69, 9.17) is 22.7 Å². The van der Waals surface area contributed by atoms with E-state index in [9.17, 15) is 4.79 Å². The third-order valence-electron chi connectivity index (χ3n) is 2.75. The molecule has 0 heterocycles. The van der Waals surface area contributed by atoms with Gasteiger partial charge in [-0.25, -0.2) is 0 Å². The number of hydrogen-bond donors (Lipinski definition) is 1. The van der Waals surface area contributed by atoms with E-state index in [2.05, 4.69) is 0 Å². The number of benzene rings is 1. The molecule has 0 aliphatic heterocycles. The number of rotatable bonds is 5. The molecule has 0 aliphatic carbocycles. The minimum atomic E-state index is -0.000732. The van der Waals surface area contributed by atoms with Crippen molar-refractivity contribution in [3.05, 3.63) is 23.8 Å². The van der Waals surface area contributed by atoms with Crippen LogP contribution in [0.5, 0.6) is 5.75 Å². The van der Waals surface area contributed by atoms with Gasteiger partial charge in [0.25, 0.3) is 0 Å². The predicted octanol–water partition coefficient (Wildman–Crippen LogP) is 0.854. The Hall–Kier alpha value is -1.82. The van der Waals surface area contributed by atoms with Crippen molar-refractivity contribution in [2.45, 2.75) is 0 Å². The molecular formula is C13H19N3O2S. The number of nitrogens with two attached hydrogens (primary N) is 1. The number of carbonyl (C=O) groups is 1. The van der Waals surface area contributed by atoms with Crippen molar-refractivity contribution in [2.24, 2.45) is 5.73 Å². The molecule has 0 unspecified atom stereocenters. The van der Waals surface area contributed by atoms with Gasteiger partial charge in [-0.15, -0.1) is 0 Å². The zero-order chi connectivity index (χ0) is 14.6. The molecule has 1 aromatic carbocycles. The Morgan fingerprint density at radius 1 is 1.37 bits per heavy atom. The van der Waals surface area contributed by atoms with E-state index in [-0.39, 0.29) is 12.5 Å². The second-order valence-corrected chi connectivity index (χ2v) is 4.83. The highest BCUT2D eigenvalue weighted by atomic mass is 32.1. The second-order valence-electron chi connectivity index (χ2n) is 4.39. The van der Waals surface area contributed by atoms with Crippen molar-refractivity contribution in [3.63, 3.8) is 0 Å². The standard InChI is InChI=1S/C13H19N3O2S/c1-15(2)12(17)8-16(3)11-7-9(18-4)5-6-10(11)13(14)19/h5-7H,8H2,1-4H3,(H2,14,19). The molecule has 19 heavy (non-hydrogen) atoms. The summed E-state index contributed by atoms with van der Waals surface area (Å²) in [7, 11) is 6.84. The van der Waals surface area contributed by atoms with Crippen molar-refractivity contribution in [3.8, 4) is 5.75 Å². The first-order valence-electron chi connectivity index (χ1n) is 5.76. The van der Waals surface area contributed by atoms with Crippen LogP contribution in [0.3, 0.4) is 0 Å². The molecule has 1 aromatic rings. The Balaban J connectivity index is 3.08. The van der Waals surface area contributed by atoms with E-state index >= 15 is 0 Å². The van der Waals surface area contributed by atoms with Gasteiger partial charge in [0.05, 0.1) is 19.3 Å². The summed E-state index contributed by atoms with van der Waals surface area (Å²) in [5, 5.41) is 0. The van der Waals surface area contributed by atoms with Crippen molar-refractivity contribution in [1.29, 1.82) is 0 Å². The molecular weight excluding hydrogens is 262 g/mol. The normalized spacial score (nSPS) is 9.89. The van der Waals surface area contributed by atoms with Crippen LogP contribution in [0.1, 0.15) is 5.56 Å². The number of nitrogens with zero attached hydrogens (tertiary/aromatic N) is 2.